The monoisotopic (exact) mass is 452 g/mol. The molecule has 3 aromatic carbocycles. The molecule has 0 aliphatic carbocycles. The van der Waals surface area contributed by atoms with Crippen LogP contribution in [0.4, 0.5) is 11.6 Å². The number of nitrogens with zero attached hydrogens (tertiary/aromatic N) is 4. The van der Waals surface area contributed by atoms with E-state index in [0.717, 1.165) is 22.4 Å². The average Bonchev–Trinajstić information content (AvgIpc) is 3.32. The molecule has 0 bridgehead atoms. The first-order chi connectivity index (χ1) is 16.6. The lowest BCUT2D eigenvalue weighted by molar-refractivity contribution is -0.113. The van der Waals surface area contributed by atoms with Gasteiger partial charge in [0.15, 0.2) is 0 Å². The van der Waals surface area contributed by atoms with Crippen molar-refractivity contribution in [3.05, 3.63) is 107 Å². The van der Waals surface area contributed by atoms with Crippen LogP contribution in [0.2, 0.25) is 0 Å². The molecule has 1 amide bonds. The fourth-order valence-corrected chi connectivity index (χ4v) is 4.03. The fourth-order valence-electron chi connectivity index (χ4n) is 4.03. The van der Waals surface area contributed by atoms with Gasteiger partial charge in [-0.15, -0.1) is 0 Å². The van der Waals surface area contributed by atoms with E-state index in [-0.39, 0.29) is 5.91 Å². The Labute approximate surface area is 197 Å². The highest BCUT2D eigenvalue weighted by molar-refractivity contribution is 6.06. The average molecular weight is 453 g/mol. The Morgan fingerprint density at radius 1 is 1.03 bits per heavy atom. The number of benzene rings is 3. The maximum Gasteiger partial charge on any atom is 0.255 e. The lowest BCUT2D eigenvalue weighted by Gasteiger charge is -2.28. The van der Waals surface area contributed by atoms with Gasteiger partial charge in [0.25, 0.3) is 5.91 Å². The maximum absolute atomic E-state index is 13.5. The van der Waals surface area contributed by atoms with E-state index >= 15 is 0 Å². The van der Waals surface area contributed by atoms with Crippen LogP contribution in [0.15, 0.2) is 90.1 Å². The first kappa shape index (κ1) is 21.4. The molecule has 1 aliphatic heterocycles. The molecule has 1 aromatic heterocycles. The van der Waals surface area contributed by atoms with E-state index in [1.54, 1.807) is 4.68 Å². The van der Waals surface area contributed by atoms with Gasteiger partial charge in [-0.2, -0.15) is 4.68 Å². The standard InChI is InChI=1S/C26H24N6O2/c1-17-9-6-7-14-22(17)28-25(33)23-18(2)27-26-29-30-31-32(26)24(23)20-12-8-13-21(15-20)34-16-19-10-4-3-5-11-19/h3-15,24H,16H2,1-2H3,(H,28,33)(H,27,29,31). The van der Waals surface area contributed by atoms with Gasteiger partial charge in [-0.3, -0.25) is 4.79 Å². The highest BCUT2D eigenvalue weighted by atomic mass is 16.5. The quantitative estimate of drug-likeness (QED) is 0.448. The smallest absolute Gasteiger partial charge is 0.255 e. The molecule has 1 atom stereocenters. The first-order valence-corrected chi connectivity index (χ1v) is 11.0. The van der Waals surface area contributed by atoms with Crippen LogP contribution in [0.5, 0.6) is 5.75 Å². The number of amides is 1. The number of allylic oxidation sites excluding steroid dienone is 1. The largest absolute Gasteiger partial charge is 0.489 e. The van der Waals surface area contributed by atoms with E-state index < -0.39 is 6.04 Å². The molecular formula is C26H24N6O2. The van der Waals surface area contributed by atoms with Gasteiger partial charge in [0, 0.05) is 11.4 Å². The van der Waals surface area contributed by atoms with E-state index in [0.29, 0.717) is 29.6 Å². The molecule has 0 spiro atoms. The number of aromatic nitrogens is 4. The summed E-state index contributed by atoms with van der Waals surface area (Å²) in [7, 11) is 0. The zero-order valence-electron chi connectivity index (χ0n) is 18.9. The lowest BCUT2D eigenvalue weighted by Crippen LogP contribution is -2.31. The van der Waals surface area contributed by atoms with Crippen LogP contribution in [0.1, 0.15) is 29.7 Å². The van der Waals surface area contributed by atoms with E-state index in [4.69, 9.17) is 4.74 Å². The van der Waals surface area contributed by atoms with Gasteiger partial charge in [0.05, 0.1) is 5.57 Å². The van der Waals surface area contributed by atoms with Crippen LogP contribution in [-0.2, 0) is 11.4 Å². The molecule has 2 heterocycles. The summed E-state index contributed by atoms with van der Waals surface area (Å²) in [6, 6.07) is 24.8. The minimum Gasteiger partial charge on any atom is -0.489 e. The topological polar surface area (TPSA) is 94.0 Å². The summed E-state index contributed by atoms with van der Waals surface area (Å²) in [5, 5.41) is 18.2. The van der Waals surface area contributed by atoms with Crippen molar-refractivity contribution < 1.29 is 9.53 Å². The second-order valence-corrected chi connectivity index (χ2v) is 8.13. The van der Waals surface area contributed by atoms with Crippen LogP contribution in [-0.4, -0.2) is 26.1 Å². The van der Waals surface area contributed by atoms with Gasteiger partial charge < -0.3 is 15.4 Å². The zero-order chi connectivity index (χ0) is 23.5. The predicted molar refractivity (Wildman–Crippen MR) is 129 cm³/mol. The Morgan fingerprint density at radius 3 is 2.65 bits per heavy atom. The number of rotatable bonds is 6. The number of fused-ring (bicyclic) bond motifs is 1. The summed E-state index contributed by atoms with van der Waals surface area (Å²) in [5.41, 5.74) is 4.88. The van der Waals surface area contributed by atoms with E-state index in [2.05, 4.69) is 26.2 Å². The van der Waals surface area contributed by atoms with Crippen LogP contribution in [0, 0.1) is 6.92 Å². The number of tetrazole rings is 1. The Balaban J connectivity index is 1.48. The molecule has 1 aliphatic rings. The second kappa shape index (κ2) is 9.19. The molecule has 0 saturated heterocycles. The van der Waals surface area contributed by atoms with Gasteiger partial charge in [-0.05, 0) is 59.2 Å². The molecule has 4 aromatic rings. The molecule has 1 unspecified atom stereocenters. The van der Waals surface area contributed by atoms with Gasteiger partial charge in [-0.1, -0.05) is 65.8 Å². The predicted octanol–water partition coefficient (Wildman–Crippen LogP) is 4.49. The summed E-state index contributed by atoms with van der Waals surface area (Å²) in [5.74, 6) is 0.956. The zero-order valence-corrected chi connectivity index (χ0v) is 18.9. The van der Waals surface area contributed by atoms with Gasteiger partial charge in [-0.25, -0.2) is 0 Å². The summed E-state index contributed by atoms with van der Waals surface area (Å²) in [6.45, 7) is 4.26. The first-order valence-electron chi connectivity index (χ1n) is 11.0. The molecule has 2 N–H and O–H groups in total. The van der Waals surface area contributed by atoms with Gasteiger partial charge in [0.2, 0.25) is 5.95 Å². The van der Waals surface area contributed by atoms with Crippen molar-refractivity contribution >= 4 is 17.5 Å². The molecule has 34 heavy (non-hydrogen) atoms. The number of anilines is 2. The Bertz CT molecular complexity index is 1360. The number of hydrogen-bond donors (Lipinski definition) is 2. The minimum atomic E-state index is -0.518. The number of carbonyl (C=O) groups excluding carboxylic acids is 1. The molecule has 170 valence electrons. The third-order valence-electron chi connectivity index (χ3n) is 5.77. The van der Waals surface area contributed by atoms with Crippen molar-refractivity contribution in [2.75, 3.05) is 10.6 Å². The van der Waals surface area contributed by atoms with E-state index in [1.165, 1.54) is 0 Å². The number of hydrogen-bond acceptors (Lipinski definition) is 6. The van der Waals surface area contributed by atoms with Crippen molar-refractivity contribution in [3.8, 4) is 5.75 Å². The van der Waals surface area contributed by atoms with E-state index in [9.17, 15) is 4.79 Å². The van der Waals surface area contributed by atoms with Crippen molar-refractivity contribution in [2.45, 2.75) is 26.5 Å². The fraction of sp³-hybridized carbons (Fsp3) is 0.154. The molecular weight excluding hydrogens is 428 g/mol. The SMILES string of the molecule is CC1=C(C(=O)Nc2ccccc2C)C(c2cccc(OCc3ccccc3)c2)n2nnnc2N1. The normalized spacial score (nSPS) is 14.8. The Kier molecular flexibility index (Phi) is 5.78. The van der Waals surface area contributed by atoms with Crippen LogP contribution >= 0.6 is 0 Å². The van der Waals surface area contributed by atoms with Crippen molar-refractivity contribution in [2.24, 2.45) is 0 Å². The van der Waals surface area contributed by atoms with Crippen molar-refractivity contribution in [1.82, 2.24) is 20.2 Å². The number of aryl methyl sites for hydroxylation is 1. The summed E-state index contributed by atoms with van der Waals surface area (Å²) < 4.78 is 7.65. The van der Waals surface area contributed by atoms with Gasteiger partial charge >= 0.3 is 0 Å². The molecule has 5 rings (SSSR count). The third-order valence-corrected chi connectivity index (χ3v) is 5.77. The summed E-state index contributed by atoms with van der Waals surface area (Å²) in [4.78, 5) is 13.5. The number of nitrogens with one attached hydrogen (secondary N) is 2. The Morgan fingerprint density at radius 2 is 1.82 bits per heavy atom. The molecule has 8 heteroatoms. The molecule has 0 saturated carbocycles. The summed E-state index contributed by atoms with van der Waals surface area (Å²) >= 11 is 0. The van der Waals surface area contributed by atoms with Gasteiger partial charge in [0.1, 0.15) is 18.4 Å². The number of ether oxygens (including phenoxy) is 1. The molecule has 0 radical (unpaired) electrons. The Hall–Kier alpha value is -4.46. The highest BCUT2D eigenvalue weighted by Gasteiger charge is 2.34. The second-order valence-electron chi connectivity index (χ2n) is 8.13. The van der Waals surface area contributed by atoms with Crippen LogP contribution in [0.25, 0.3) is 0 Å². The third kappa shape index (κ3) is 4.25. The van der Waals surface area contributed by atoms with Crippen molar-refractivity contribution in [3.63, 3.8) is 0 Å². The molecule has 0 fully saturated rings. The number of carbonyl (C=O) groups is 1. The number of para-hydroxylation sites is 1. The lowest BCUT2D eigenvalue weighted by atomic mass is 9.94. The van der Waals surface area contributed by atoms with Crippen LogP contribution < -0.4 is 15.4 Å². The summed E-state index contributed by atoms with van der Waals surface area (Å²) in [6.07, 6.45) is 0. The van der Waals surface area contributed by atoms with E-state index in [1.807, 2.05) is 92.7 Å². The van der Waals surface area contributed by atoms with Crippen molar-refractivity contribution in [1.29, 1.82) is 0 Å². The maximum atomic E-state index is 13.5. The molecule has 8 nitrogen and oxygen atoms in total. The highest BCUT2D eigenvalue weighted by Crippen LogP contribution is 2.36. The van der Waals surface area contributed by atoms with Crippen LogP contribution in [0.3, 0.4) is 0 Å². The minimum absolute atomic E-state index is 0.221.